The van der Waals surface area contributed by atoms with Gasteiger partial charge in [-0.3, -0.25) is 24.1 Å². The van der Waals surface area contributed by atoms with Crippen molar-refractivity contribution in [2.45, 2.75) is 32.4 Å². The van der Waals surface area contributed by atoms with Crippen molar-refractivity contribution < 1.29 is 38.7 Å². The van der Waals surface area contributed by atoms with Gasteiger partial charge in [0.15, 0.2) is 5.78 Å². The van der Waals surface area contributed by atoms with Crippen molar-refractivity contribution in [3.63, 3.8) is 0 Å². The van der Waals surface area contributed by atoms with E-state index in [1.807, 2.05) is 0 Å². The molecule has 0 aliphatic heterocycles. The first-order chi connectivity index (χ1) is 11.6. The molecule has 136 valence electrons. The molecule has 0 saturated heterocycles. The van der Waals surface area contributed by atoms with Gasteiger partial charge in [-0.1, -0.05) is 0 Å². The molecule has 0 spiro atoms. The standard InChI is InChI=1S/C14H17N2O8P/c1-7-13(18)10(9(4-15-7)6-24-25(21,22)23)5-16-11-2-8(14(19)20)3-12(11)17/h4-5,8,11,18H,2-3,6H2,1H3,(H,19,20)(H2,21,22,23)/t8-,11+/m1/s1. The fraction of sp³-hybridized carbons (Fsp3) is 0.429. The van der Waals surface area contributed by atoms with E-state index in [9.17, 15) is 19.3 Å². The Bertz CT molecular complexity index is 772. The molecule has 2 atom stereocenters. The molecule has 1 saturated carbocycles. The first-order valence-electron chi connectivity index (χ1n) is 7.24. The summed E-state index contributed by atoms with van der Waals surface area (Å²) in [6.07, 6.45) is 2.40. The van der Waals surface area contributed by atoms with Crippen LogP contribution < -0.4 is 0 Å². The number of carboxylic acid groups (broad SMARTS) is 1. The number of aromatic nitrogens is 1. The summed E-state index contributed by atoms with van der Waals surface area (Å²) in [5.74, 6) is -2.44. The number of rotatable bonds is 6. The summed E-state index contributed by atoms with van der Waals surface area (Å²) in [6.45, 7) is 0.990. The summed E-state index contributed by atoms with van der Waals surface area (Å²) >= 11 is 0. The molecule has 1 aliphatic carbocycles. The fourth-order valence-electron chi connectivity index (χ4n) is 2.42. The minimum atomic E-state index is -4.72. The third-order valence-corrected chi connectivity index (χ3v) is 4.27. The maximum atomic E-state index is 11.8. The predicted molar refractivity (Wildman–Crippen MR) is 84.2 cm³/mol. The van der Waals surface area contributed by atoms with Crippen LogP contribution in [0.2, 0.25) is 0 Å². The Hall–Kier alpha value is -2.13. The van der Waals surface area contributed by atoms with Gasteiger partial charge < -0.3 is 20.0 Å². The number of phosphoric ester groups is 1. The predicted octanol–water partition coefficient (Wildman–Crippen LogP) is 0.556. The number of Topliss-reactive ketones (excluding diaryl/α,β-unsaturated/α-hetero) is 1. The number of phosphoric acid groups is 1. The Morgan fingerprint density at radius 3 is 2.76 bits per heavy atom. The zero-order valence-electron chi connectivity index (χ0n) is 13.2. The number of ketones is 1. The van der Waals surface area contributed by atoms with Gasteiger partial charge in [-0.2, -0.15) is 0 Å². The summed E-state index contributed by atoms with van der Waals surface area (Å²) < 4.78 is 15.2. The molecule has 10 nitrogen and oxygen atoms in total. The van der Waals surface area contributed by atoms with Crippen LogP contribution in [0.3, 0.4) is 0 Å². The molecule has 11 heteroatoms. The summed E-state index contributed by atoms with van der Waals surface area (Å²) in [4.78, 5) is 48.3. The molecule has 25 heavy (non-hydrogen) atoms. The zero-order valence-corrected chi connectivity index (χ0v) is 14.1. The highest BCUT2D eigenvalue weighted by Gasteiger charge is 2.36. The van der Waals surface area contributed by atoms with Gasteiger partial charge in [0, 0.05) is 30.0 Å². The molecular formula is C14H17N2O8P. The first kappa shape index (κ1) is 19.2. The average molecular weight is 372 g/mol. The van der Waals surface area contributed by atoms with Gasteiger partial charge in [-0.25, -0.2) is 4.57 Å². The van der Waals surface area contributed by atoms with E-state index in [1.54, 1.807) is 0 Å². The van der Waals surface area contributed by atoms with Crippen LogP contribution in [0.25, 0.3) is 0 Å². The number of aliphatic carboxylic acids is 1. The molecular weight excluding hydrogens is 355 g/mol. The van der Waals surface area contributed by atoms with Crippen LogP contribution in [-0.2, 0) is 25.3 Å². The second-order valence-electron chi connectivity index (χ2n) is 5.63. The Kier molecular flexibility index (Phi) is 5.69. The van der Waals surface area contributed by atoms with Gasteiger partial charge in [-0.05, 0) is 13.3 Å². The molecule has 4 N–H and O–H groups in total. The average Bonchev–Trinajstić information content (AvgIpc) is 2.88. The van der Waals surface area contributed by atoms with Crippen LogP contribution in [0.5, 0.6) is 5.75 Å². The van der Waals surface area contributed by atoms with Crippen LogP contribution >= 0.6 is 7.82 Å². The van der Waals surface area contributed by atoms with E-state index in [2.05, 4.69) is 14.5 Å². The number of aryl methyl sites for hydroxylation is 1. The Balaban J connectivity index is 2.25. The lowest BCUT2D eigenvalue weighted by Gasteiger charge is -2.11. The van der Waals surface area contributed by atoms with Gasteiger partial charge in [0.1, 0.15) is 11.8 Å². The molecule has 1 fully saturated rings. The number of aromatic hydroxyl groups is 1. The molecule has 0 radical (unpaired) electrons. The topological polar surface area (TPSA) is 167 Å². The summed E-state index contributed by atoms with van der Waals surface area (Å²) in [6, 6.07) is -0.843. The van der Waals surface area contributed by atoms with Crippen molar-refractivity contribution in [2.24, 2.45) is 10.9 Å². The van der Waals surface area contributed by atoms with E-state index in [-0.39, 0.29) is 41.2 Å². The minimum Gasteiger partial charge on any atom is -0.505 e. The number of hydrogen-bond acceptors (Lipinski definition) is 7. The van der Waals surface area contributed by atoms with Crippen molar-refractivity contribution in [1.29, 1.82) is 0 Å². The summed E-state index contributed by atoms with van der Waals surface area (Å²) in [7, 11) is -4.72. The van der Waals surface area contributed by atoms with Crippen molar-refractivity contribution in [3.8, 4) is 5.75 Å². The van der Waals surface area contributed by atoms with Crippen LogP contribution in [0.4, 0.5) is 0 Å². The van der Waals surface area contributed by atoms with Crippen molar-refractivity contribution >= 4 is 25.8 Å². The molecule has 1 aliphatic rings. The second-order valence-corrected chi connectivity index (χ2v) is 6.87. The monoisotopic (exact) mass is 372 g/mol. The van der Waals surface area contributed by atoms with Gasteiger partial charge in [0.25, 0.3) is 0 Å². The number of carbonyl (C=O) groups is 2. The minimum absolute atomic E-state index is 0.0593. The van der Waals surface area contributed by atoms with Gasteiger partial charge in [0.2, 0.25) is 0 Å². The van der Waals surface area contributed by atoms with Crippen molar-refractivity contribution in [2.75, 3.05) is 0 Å². The van der Waals surface area contributed by atoms with Crippen molar-refractivity contribution in [1.82, 2.24) is 4.98 Å². The molecule has 1 aromatic heterocycles. The van der Waals surface area contributed by atoms with Crippen LogP contribution in [0.15, 0.2) is 11.2 Å². The lowest BCUT2D eigenvalue weighted by atomic mass is 10.1. The Morgan fingerprint density at radius 1 is 1.52 bits per heavy atom. The largest absolute Gasteiger partial charge is 0.505 e. The highest BCUT2D eigenvalue weighted by Crippen LogP contribution is 2.37. The normalized spacial score (nSPS) is 21.2. The Morgan fingerprint density at radius 2 is 2.20 bits per heavy atom. The molecule has 1 heterocycles. The van der Waals surface area contributed by atoms with E-state index in [0.717, 1.165) is 0 Å². The number of carboxylic acids is 1. The third kappa shape index (κ3) is 4.93. The van der Waals surface area contributed by atoms with E-state index in [4.69, 9.17) is 14.9 Å². The van der Waals surface area contributed by atoms with Crippen LogP contribution in [-0.4, -0.2) is 49.0 Å². The maximum absolute atomic E-state index is 11.8. The highest BCUT2D eigenvalue weighted by molar-refractivity contribution is 7.46. The smallest absolute Gasteiger partial charge is 0.469 e. The van der Waals surface area contributed by atoms with Gasteiger partial charge in [0.05, 0.1) is 18.2 Å². The number of hydrogen-bond donors (Lipinski definition) is 4. The fourth-order valence-corrected chi connectivity index (χ4v) is 2.73. The van der Waals surface area contributed by atoms with E-state index in [1.165, 1.54) is 19.3 Å². The van der Waals surface area contributed by atoms with Gasteiger partial charge >= 0.3 is 13.8 Å². The zero-order chi connectivity index (χ0) is 18.8. The van der Waals surface area contributed by atoms with Gasteiger partial charge in [-0.15, -0.1) is 0 Å². The number of nitrogens with zero attached hydrogens (tertiary/aromatic N) is 2. The number of carbonyl (C=O) groups excluding carboxylic acids is 1. The lowest BCUT2D eigenvalue weighted by Crippen LogP contribution is -2.11. The molecule has 0 aromatic carbocycles. The number of aliphatic imine (C=N–C) groups is 1. The van der Waals surface area contributed by atoms with Crippen molar-refractivity contribution in [3.05, 3.63) is 23.0 Å². The van der Waals surface area contributed by atoms with Crippen LogP contribution in [0, 0.1) is 12.8 Å². The maximum Gasteiger partial charge on any atom is 0.469 e. The lowest BCUT2D eigenvalue weighted by molar-refractivity contribution is -0.142. The van der Waals surface area contributed by atoms with Crippen LogP contribution in [0.1, 0.15) is 29.7 Å². The van der Waals surface area contributed by atoms with E-state index < -0.39 is 32.4 Å². The third-order valence-electron chi connectivity index (χ3n) is 3.81. The molecule has 2 rings (SSSR count). The summed E-state index contributed by atoms with van der Waals surface area (Å²) in [5, 5.41) is 19.1. The number of pyridine rings is 1. The molecule has 0 bridgehead atoms. The first-order valence-corrected chi connectivity index (χ1v) is 8.77. The van der Waals surface area contributed by atoms with E-state index in [0.29, 0.717) is 0 Å². The molecule has 0 unspecified atom stereocenters. The molecule has 1 aromatic rings. The summed E-state index contributed by atoms with van der Waals surface area (Å²) in [5.41, 5.74) is 0.519. The van der Waals surface area contributed by atoms with E-state index >= 15 is 0 Å². The highest BCUT2D eigenvalue weighted by atomic mass is 31.2. The second kappa shape index (κ2) is 7.40. The quantitative estimate of drug-likeness (QED) is 0.412. The SMILES string of the molecule is Cc1ncc(COP(=O)(O)O)c(C=N[C@H]2C[C@@H](C(=O)O)CC2=O)c1O. The Labute approximate surface area is 142 Å². The molecule has 0 amide bonds.